The van der Waals surface area contributed by atoms with E-state index in [1.54, 1.807) is 16.4 Å². The molecule has 1 heterocycles. The highest BCUT2D eigenvalue weighted by Gasteiger charge is 2.05. The van der Waals surface area contributed by atoms with E-state index in [1.807, 2.05) is 0 Å². The van der Waals surface area contributed by atoms with Gasteiger partial charge < -0.3 is 10.4 Å². The number of aliphatic hydroxyl groups is 1. The van der Waals surface area contributed by atoms with Crippen LogP contribution in [0.3, 0.4) is 0 Å². The molecule has 2 N–H and O–H groups in total. The molecule has 0 aliphatic rings. The zero-order chi connectivity index (χ0) is 10.9. The highest BCUT2D eigenvalue weighted by atomic mass is 32.2. The SMILES string of the molecule is CCNCCn1nnnc1SCCCO. The molecule has 0 aliphatic heterocycles. The van der Waals surface area contributed by atoms with Gasteiger partial charge in [0.1, 0.15) is 0 Å². The summed E-state index contributed by atoms with van der Waals surface area (Å²) in [6.07, 6.45) is 0.769. The first-order chi connectivity index (χ1) is 7.38. The Hall–Kier alpha value is -0.660. The van der Waals surface area contributed by atoms with Gasteiger partial charge in [-0.05, 0) is 23.4 Å². The first-order valence-corrected chi connectivity index (χ1v) is 6.07. The van der Waals surface area contributed by atoms with Gasteiger partial charge >= 0.3 is 0 Å². The van der Waals surface area contributed by atoms with Crippen molar-refractivity contribution in [3.8, 4) is 0 Å². The summed E-state index contributed by atoms with van der Waals surface area (Å²) in [4.78, 5) is 0. The van der Waals surface area contributed by atoms with Gasteiger partial charge in [0.25, 0.3) is 0 Å². The summed E-state index contributed by atoms with van der Waals surface area (Å²) in [7, 11) is 0. The normalized spacial score (nSPS) is 10.8. The molecule has 0 unspecified atom stereocenters. The molecule has 0 bridgehead atoms. The molecule has 0 spiro atoms. The van der Waals surface area contributed by atoms with Crippen LogP contribution in [0.4, 0.5) is 0 Å². The second kappa shape index (κ2) is 7.61. The molecule has 15 heavy (non-hydrogen) atoms. The predicted octanol–water partition coefficient (Wildman–Crippen LogP) is -0.243. The Morgan fingerprint density at radius 3 is 3.13 bits per heavy atom. The first-order valence-electron chi connectivity index (χ1n) is 5.09. The second-order valence-electron chi connectivity index (χ2n) is 2.96. The summed E-state index contributed by atoms with van der Waals surface area (Å²) in [5, 5.41) is 24.1. The molecule has 0 radical (unpaired) electrons. The lowest BCUT2D eigenvalue weighted by molar-refractivity contribution is 0.296. The van der Waals surface area contributed by atoms with Gasteiger partial charge in [0.05, 0.1) is 6.54 Å². The molecule has 0 saturated carbocycles. The van der Waals surface area contributed by atoms with Crippen molar-refractivity contribution < 1.29 is 5.11 Å². The molecule has 1 rings (SSSR count). The minimum Gasteiger partial charge on any atom is -0.396 e. The molecule has 6 nitrogen and oxygen atoms in total. The number of rotatable bonds is 8. The lowest BCUT2D eigenvalue weighted by atomic mass is 10.5. The molecule has 0 saturated heterocycles. The summed E-state index contributed by atoms with van der Waals surface area (Å²) >= 11 is 1.58. The van der Waals surface area contributed by atoms with Crippen LogP contribution in [0.15, 0.2) is 5.16 Å². The zero-order valence-corrected chi connectivity index (χ0v) is 9.70. The Bertz CT molecular complexity index is 243. The summed E-state index contributed by atoms with van der Waals surface area (Å²) in [6, 6.07) is 0. The van der Waals surface area contributed by atoms with E-state index in [4.69, 9.17) is 5.11 Å². The molecular formula is C8H17N5OS. The Morgan fingerprint density at radius 1 is 1.53 bits per heavy atom. The Labute approximate surface area is 93.4 Å². The molecule has 86 valence electrons. The lowest BCUT2D eigenvalue weighted by Crippen LogP contribution is -2.20. The van der Waals surface area contributed by atoms with Gasteiger partial charge in [0.15, 0.2) is 0 Å². The molecular weight excluding hydrogens is 214 g/mol. The summed E-state index contributed by atoms with van der Waals surface area (Å²) in [5.41, 5.74) is 0. The number of hydrogen-bond donors (Lipinski definition) is 2. The molecule has 1 aromatic heterocycles. The van der Waals surface area contributed by atoms with Crippen molar-refractivity contribution in [2.24, 2.45) is 0 Å². The average molecular weight is 231 g/mol. The monoisotopic (exact) mass is 231 g/mol. The minimum atomic E-state index is 0.214. The average Bonchev–Trinajstić information content (AvgIpc) is 2.67. The number of likely N-dealkylation sites (N-methyl/N-ethyl adjacent to an activating group) is 1. The van der Waals surface area contributed by atoms with Crippen LogP contribution in [0.2, 0.25) is 0 Å². The van der Waals surface area contributed by atoms with Gasteiger partial charge in [-0.3, -0.25) is 0 Å². The van der Waals surface area contributed by atoms with Gasteiger partial charge in [-0.15, -0.1) is 5.10 Å². The molecule has 0 atom stereocenters. The van der Waals surface area contributed by atoms with E-state index in [9.17, 15) is 0 Å². The maximum absolute atomic E-state index is 8.66. The van der Waals surface area contributed by atoms with Crippen LogP contribution in [0.5, 0.6) is 0 Å². The number of nitrogens with zero attached hydrogens (tertiary/aromatic N) is 4. The van der Waals surface area contributed by atoms with Crippen LogP contribution in [0.25, 0.3) is 0 Å². The number of thioether (sulfide) groups is 1. The highest BCUT2D eigenvalue weighted by molar-refractivity contribution is 7.99. The van der Waals surface area contributed by atoms with Crippen molar-refractivity contribution in [2.75, 3.05) is 25.4 Å². The maximum atomic E-state index is 8.66. The Balaban J connectivity index is 2.32. The van der Waals surface area contributed by atoms with Crippen molar-refractivity contribution >= 4 is 11.8 Å². The van der Waals surface area contributed by atoms with Gasteiger partial charge in [0, 0.05) is 18.9 Å². The standard InChI is InChI=1S/C8H17N5OS/c1-2-9-4-5-13-8(10-11-12-13)15-7-3-6-14/h9,14H,2-7H2,1H3. The van der Waals surface area contributed by atoms with Crippen molar-refractivity contribution in [1.29, 1.82) is 0 Å². The molecule has 7 heteroatoms. The van der Waals surface area contributed by atoms with E-state index in [0.717, 1.165) is 37.0 Å². The van der Waals surface area contributed by atoms with E-state index in [0.29, 0.717) is 0 Å². The molecule has 0 fully saturated rings. The smallest absolute Gasteiger partial charge is 0.209 e. The fraction of sp³-hybridized carbons (Fsp3) is 0.875. The minimum absolute atomic E-state index is 0.214. The number of hydrogen-bond acceptors (Lipinski definition) is 6. The summed E-state index contributed by atoms with van der Waals surface area (Å²) < 4.78 is 1.78. The van der Waals surface area contributed by atoms with E-state index in [-0.39, 0.29) is 6.61 Å². The van der Waals surface area contributed by atoms with Crippen LogP contribution in [-0.4, -0.2) is 50.8 Å². The largest absolute Gasteiger partial charge is 0.396 e. The molecule has 0 amide bonds. The van der Waals surface area contributed by atoms with Gasteiger partial charge in [0.2, 0.25) is 5.16 Å². The number of aliphatic hydroxyl groups excluding tert-OH is 1. The number of nitrogens with one attached hydrogen (secondary N) is 1. The van der Waals surface area contributed by atoms with Gasteiger partial charge in [-0.1, -0.05) is 18.7 Å². The van der Waals surface area contributed by atoms with E-state index in [1.165, 1.54) is 0 Å². The van der Waals surface area contributed by atoms with Crippen LogP contribution < -0.4 is 5.32 Å². The third kappa shape index (κ3) is 4.59. The first kappa shape index (κ1) is 12.4. The molecule has 0 aliphatic carbocycles. The molecule has 1 aromatic rings. The topological polar surface area (TPSA) is 75.9 Å². The predicted molar refractivity (Wildman–Crippen MR) is 58.8 cm³/mol. The fourth-order valence-electron chi connectivity index (χ4n) is 1.03. The highest BCUT2D eigenvalue weighted by Crippen LogP contribution is 2.13. The van der Waals surface area contributed by atoms with Crippen molar-refractivity contribution in [3.05, 3.63) is 0 Å². The third-order valence-electron chi connectivity index (χ3n) is 1.78. The zero-order valence-electron chi connectivity index (χ0n) is 8.89. The lowest BCUT2D eigenvalue weighted by Gasteiger charge is -2.03. The Kier molecular flexibility index (Phi) is 6.29. The maximum Gasteiger partial charge on any atom is 0.209 e. The van der Waals surface area contributed by atoms with E-state index >= 15 is 0 Å². The van der Waals surface area contributed by atoms with Crippen LogP contribution >= 0.6 is 11.8 Å². The fourth-order valence-corrected chi connectivity index (χ4v) is 1.86. The van der Waals surface area contributed by atoms with E-state index < -0.39 is 0 Å². The van der Waals surface area contributed by atoms with Crippen molar-refractivity contribution in [2.45, 2.75) is 25.0 Å². The molecule has 0 aromatic carbocycles. The Morgan fingerprint density at radius 2 is 2.40 bits per heavy atom. The quantitative estimate of drug-likeness (QED) is 0.475. The summed E-state index contributed by atoms with van der Waals surface area (Å²) in [5.74, 6) is 0.845. The van der Waals surface area contributed by atoms with Crippen molar-refractivity contribution in [1.82, 2.24) is 25.5 Å². The number of tetrazole rings is 1. The second-order valence-corrected chi connectivity index (χ2v) is 4.03. The van der Waals surface area contributed by atoms with E-state index in [2.05, 4.69) is 27.8 Å². The third-order valence-corrected chi connectivity index (χ3v) is 2.83. The van der Waals surface area contributed by atoms with Gasteiger partial charge in [-0.25, -0.2) is 4.68 Å². The van der Waals surface area contributed by atoms with Crippen LogP contribution in [0.1, 0.15) is 13.3 Å². The van der Waals surface area contributed by atoms with Crippen LogP contribution in [0, 0.1) is 0 Å². The van der Waals surface area contributed by atoms with Crippen LogP contribution in [-0.2, 0) is 6.54 Å². The van der Waals surface area contributed by atoms with Crippen molar-refractivity contribution in [3.63, 3.8) is 0 Å². The summed E-state index contributed by atoms with van der Waals surface area (Å²) in [6.45, 7) is 4.88. The number of aromatic nitrogens is 4. The van der Waals surface area contributed by atoms with Gasteiger partial charge in [-0.2, -0.15) is 0 Å².